The van der Waals surface area contributed by atoms with Crippen molar-refractivity contribution in [1.29, 1.82) is 0 Å². The van der Waals surface area contributed by atoms with Gasteiger partial charge in [-0.05, 0) is 25.5 Å². The van der Waals surface area contributed by atoms with E-state index in [0.717, 1.165) is 35.0 Å². The van der Waals surface area contributed by atoms with E-state index < -0.39 is 0 Å². The lowest BCUT2D eigenvalue weighted by Crippen LogP contribution is -2.36. The van der Waals surface area contributed by atoms with Crippen LogP contribution in [0.2, 0.25) is 0 Å². The fourth-order valence-corrected chi connectivity index (χ4v) is 2.99. The number of nitrogens with one attached hydrogen (secondary N) is 2. The Bertz CT molecular complexity index is 757. The zero-order valence-electron chi connectivity index (χ0n) is 14.8. The van der Waals surface area contributed by atoms with Gasteiger partial charge in [-0.1, -0.05) is 19.1 Å². The maximum Gasteiger partial charge on any atom is 0.320 e. The number of hydrogen-bond donors (Lipinski definition) is 2. The largest absolute Gasteiger partial charge is 0.486 e. The predicted molar refractivity (Wildman–Crippen MR) is 95.3 cm³/mol. The molecule has 1 unspecified atom stereocenters. The Morgan fingerprint density at radius 3 is 2.88 bits per heavy atom. The van der Waals surface area contributed by atoms with Crippen LogP contribution in [-0.4, -0.2) is 35.1 Å². The van der Waals surface area contributed by atoms with Crippen LogP contribution >= 0.6 is 0 Å². The summed E-state index contributed by atoms with van der Waals surface area (Å²) in [6, 6.07) is 7.36. The highest BCUT2D eigenvalue weighted by Gasteiger charge is 2.20. The minimum atomic E-state index is -0.241. The predicted octanol–water partition coefficient (Wildman–Crippen LogP) is 2.64. The summed E-state index contributed by atoms with van der Waals surface area (Å²) < 4.78 is 13.3. The molecule has 0 saturated carbocycles. The fourth-order valence-electron chi connectivity index (χ4n) is 2.99. The highest BCUT2D eigenvalue weighted by molar-refractivity contribution is 5.89. The number of benzene rings is 1. The van der Waals surface area contributed by atoms with Crippen molar-refractivity contribution in [2.45, 2.75) is 32.8 Å². The molecule has 0 bridgehead atoms. The highest BCUT2D eigenvalue weighted by atomic mass is 16.6. The van der Waals surface area contributed by atoms with E-state index in [1.807, 2.05) is 45.2 Å². The summed E-state index contributed by atoms with van der Waals surface area (Å²) in [7, 11) is 1.83. The van der Waals surface area contributed by atoms with Crippen LogP contribution in [0, 0.1) is 6.92 Å². The number of rotatable bonds is 5. The molecule has 2 amide bonds. The number of aryl methyl sites for hydroxylation is 2. The number of para-hydroxylation sites is 2. The van der Waals surface area contributed by atoms with Crippen molar-refractivity contribution in [3.8, 4) is 11.5 Å². The van der Waals surface area contributed by atoms with Crippen LogP contribution in [0.1, 0.15) is 24.6 Å². The van der Waals surface area contributed by atoms with E-state index in [9.17, 15) is 4.79 Å². The number of hydrogen-bond acceptors (Lipinski definition) is 4. The van der Waals surface area contributed by atoms with E-state index in [0.29, 0.717) is 19.6 Å². The summed E-state index contributed by atoms with van der Waals surface area (Å²) >= 11 is 0. The first-order valence-electron chi connectivity index (χ1n) is 8.54. The van der Waals surface area contributed by atoms with Gasteiger partial charge >= 0.3 is 6.03 Å². The molecule has 7 heteroatoms. The lowest BCUT2D eigenvalue weighted by Gasteiger charge is -2.26. The first kappa shape index (κ1) is 17.1. The Labute approximate surface area is 147 Å². The van der Waals surface area contributed by atoms with Crippen molar-refractivity contribution >= 4 is 11.8 Å². The number of nitrogens with zero attached hydrogens (tertiary/aromatic N) is 2. The molecule has 0 aliphatic carbocycles. The molecule has 7 nitrogen and oxygen atoms in total. The van der Waals surface area contributed by atoms with Gasteiger partial charge in [-0.2, -0.15) is 5.10 Å². The van der Waals surface area contributed by atoms with E-state index in [2.05, 4.69) is 15.7 Å². The van der Waals surface area contributed by atoms with Crippen molar-refractivity contribution in [3.05, 3.63) is 35.5 Å². The molecule has 134 valence electrons. The summed E-state index contributed by atoms with van der Waals surface area (Å²) in [5.41, 5.74) is 1.99. The van der Waals surface area contributed by atoms with Crippen LogP contribution < -0.4 is 20.1 Å². The molecular formula is C18H24N4O3. The number of carbonyl (C=O) groups is 1. The summed E-state index contributed by atoms with van der Waals surface area (Å²) in [5.74, 6) is 2.26. The molecule has 2 N–H and O–H groups in total. The van der Waals surface area contributed by atoms with E-state index in [-0.39, 0.29) is 12.1 Å². The van der Waals surface area contributed by atoms with E-state index >= 15 is 0 Å². The Morgan fingerprint density at radius 2 is 2.12 bits per heavy atom. The van der Waals surface area contributed by atoms with Gasteiger partial charge in [0.1, 0.15) is 18.5 Å². The third kappa shape index (κ3) is 3.87. The van der Waals surface area contributed by atoms with Crippen molar-refractivity contribution in [2.24, 2.45) is 7.05 Å². The van der Waals surface area contributed by atoms with Crippen LogP contribution in [0.3, 0.4) is 0 Å². The van der Waals surface area contributed by atoms with Crippen LogP contribution in [0.25, 0.3) is 0 Å². The minimum absolute atomic E-state index is 0.0691. The fraction of sp³-hybridized carbons (Fsp3) is 0.444. The van der Waals surface area contributed by atoms with Crippen molar-refractivity contribution in [1.82, 2.24) is 15.1 Å². The number of anilines is 1. The Kier molecular flexibility index (Phi) is 5.11. The van der Waals surface area contributed by atoms with Crippen molar-refractivity contribution in [2.75, 3.05) is 18.5 Å². The summed E-state index contributed by atoms with van der Waals surface area (Å²) in [6.07, 6.45) is 1.43. The van der Waals surface area contributed by atoms with Crippen LogP contribution in [-0.2, 0) is 13.5 Å². The Hall–Kier alpha value is -2.70. The van der Waals surface area contributed by atoms with E-state index in [4.69, 9.17) is 9.47 Å². The summed E-state index contributed by atoms with van der Waals surface area (Å²) in [4.78, 5) is 12.1. The molecule has 0 fully saturated rings. The van der Waals surface area contributed by atoms with E-state index in [1.165, 1.54) is 0 Å². The third-order valence-corrected chi connectivity index (χ3v) is 4.25. The molecule has 1 atom stereocenters. The normalized spacial score (nSPS) is 15.7. The molecule has 3 rings (SSSR count). The smallest absolute Gasteiger partial charge is 0.320 e. The van der Waals surface area contributed by atoms with E-state index in [1.54, 1.807) is 4.68 Å². The lowest BCUT2D eigenvalue weighted by molar-refractivity contribution is 0.0854. The number of aromatic nitrogens is 2. The second kappa shape index (κ2) is 7.46. The second-order valence-electron chi connectivity index (χ2n) is 6.06. The van der Waals surface area contributed by atoms with Crippen LogP contribution in [0.5, 0.6) is 11.5 Å². The second-order valence-corrected chi connectivity index (χ2v) is 6.06. The highest BCUT2D eigenvalue weighted by Crippen LogP contribution is 2.31. The van der Waals surface area contributed by atoms with Crippen molar-refractivity contribution in [3.63, 3.8) is 0 Å². The average Bonchev–Trinajstić information content (AvgIpc) is 2.87. The molecule has 1 aliphatic rings. The van der Waals surface area contributed by atoms with Crippen LogP contribution in [0.4, 0.5) is 10.6 Å². The molecule has 0 spiro atoms. The van der Waals surface area contributed by atoms with Gasteiger partial charge in [-0.15, -0.1) is 0 Å². The van der Waals surface area contributed by atoms with Gasteiger partial charge in [-0.3, -0.25) is 10.00 Å². The van der Waals surface area contributed by atoms with Gasteiger partial charge in [0.2, 0.25) is 0 Å². The number of amides is 2. The monoisotopic (exact) mass is 344 g/mol. The number of fused-ring (bicyclic) bond motifs is 1. The molecule has 1 aromatic carbocycles. The molecule has 1 aliphatic heterocycles. The molecule has 1 aromatic heterocycles. The molecule has 25 heavy (non-hydrogen) atoms. The Balaban J connectivity index is 1.48. The van der Waals surface area contributed by atoms with Crippen molar-refractivity contribution < 1.29 is 14.3 Å². The topological polar surface area (TPSA) is 77.4 Å². The standard InChI is InChI=1S/C18H24N4O3/c1-4-14-12(2)21-22(3)17(14)20-18(23)19-10-9-13-11-24-15-7-5-6-8-16(15)25-13/h5-8,13H,4,9-11H2,1-3H3,(H2,19,20,23). The third-order valence-electron chi connectivity index (χ3n) is 4.25. The lowest BCUT2D eigenvalue weighted by atomic mass is 10.2. The molecule has 0 saturated heterocycles. The van der Waals surface area contributed by atoms with Gasteiger partial charge in [0.05, 0.1) is 5.69 Å². The minimum Gasteiger partial charge on any atom is -0.486 e. The van der Waals surface area contributed by atoms with Gasteiger partial charge in [-0.25, -0.2) is 4.79 Å². The summed E-state index contributed by atoms with van der Waals surface area (Å²) in [6.45, 7) is 4.98. The zero-order chi connectivity index (χ0) is 17.8. The Morgan fingerprint density at radius 1 is 1.36 bits per heavy atom. The van der Waals surface area contributed by atoms with Gasteiger partial charge in [0.25, 0.3) is 0 Å². The first-order valence-corrected chi connectivity index (χ1v) is 8.54. The molecule has 0 radical (unpaired) electrons. The summed E-state index contributed by atoms with van der Waals surface area (Å²) in [5, 5.41) is 10.1. The van der Waals surface area contributed by atoms with Gasteiger partial charge in [0, 0.05) is 25.6 Å². The number of ether oxygens (including phenoxy) is 2. The molecular weight excluding hydrogens is 320 g/mol. The zero-order valence-corrected chi connectivity index (χ0v) is 14.8. The van der Waals surface area contributed by atoms with Gasteiger partial charge in [0.15, 0.2) is 11.5 Å². The number of urea groups is 1. The van der Waals surface area contributed by atoms with Gasteiger partial charge < -0.3 is 14.8 Å². The first-order chi connectivity index (χ1) is 12.1. The maximum atomic E-state index is 12.1. The average molecular weight is 344 g/mol. The molecule has 2 heterocycles. The quantitative estimate of drug-likeness (QED) is 0.874. The maximum absolute atomic E-state index is 12.1. The number of carbonyl (C=O) groups excluding carboxylic acids is 1. The SMILES string of the molecule is CCc1c(C)nn(C)c1NC(=O)NCCC1COc2ccccc2O1. The van der Waals surface area contributed by atoms with Crippen LogP contribution in [0.15, 0.2) is 24.3 Å². The molecule has 2 aromatic rings.